The number of guanidine groups is 1. The molecule has 0 saturated carbocycles. The molecule has 55 nitrogen and oxygen atoms in total. The second-order valence-corrected chi connectivity index (χ2v) is 33.5. The van der Waals surface area contributed by atoms with E-state index in [-0.39, 0.29) is 62.5 Å². The smallest absolute Gasteiger partial charge is 0.326 e. The third-order valence-corrected chi connectivity index (χ3v) is 21.8. The minimum absolute atomic E-state index is 0.0956. The first-order valence-electron chi connectivity index (χ1n) is 45.3. The fraction of sp³-hybridized carbons (Fsp3) is 0.422. The zero-order valence-corrected chi connectivity index (χ0v) is 79.6. The summed E-state index contributed by atoms with van der Waals surface area (Å²) in [6, 6.07) is 1.29. The van der Waals surface area contributed by atoms with Gasteiger partial charge in [-0.25, -0.2) is 4.79 Å². The molecule has 784 valence electrons. The summed E-state index contributed by atoms with van der Waals surface area (Å²) in [6.07, 6.45) is -0.640. The van der Waals surface area contributed by atoms with Crippen molar-refractivity contribution in [1.82, 2.24) is 116 Å². The van der Waals surface area contributed by atoms with E-state index in [4.69, 9.17) is 34.1 Å². The van der Waals surface area contributed by atoms with Gasteiger partial charge < -0.3 is 165 Å². The molecule has 0 saturated heterocycles. The second kappa shape index (κ2) is 57.3. The molecule has 55 heteroatoms. The SMILES string of the molecule is C[C@H](NC(=O)[C@H](C)NC(=O)[C@H](C)NC(=O)[C@H](C)NC(=O)[C@H](CO)NC(=O)[C@H](C)NC(=O)[C@H](C)NC(=O)[C@H](Cc1c[nH]c2ccccc12)NC(=O)[C@H](CCC(N)=O)NC(=O)CNC(=O)CNC(=O)[C@H](CC(N)=O)NC(=O)CNC(=O)[C@H](Cc1c[nH]c2ccccc12)NC(=O)[C@H](Cc1ccc(O)cc1)NC(=O)[C@H](CC(N)=O)NC(=O)CN)C(=O)NCC(=O)N[C@@H](Cc1ccc(O)cc1)C(=O)N[C@@H](CCCNC(=N)N)C(=O)O. The Labute approximate surface area is 826 Å². The molecule has 0 aliphatic heterocycles. The largest absolute Gasteiger partial charge is 0.508 e. The summed E-state index contributed by atoms with van der Waals surface area (Å²) in [6.45, 7) is 2.02. The fourth-order valence-corrected chi connectivity index (χ4v) is 13.9. The standard InChI is InChI=1S/C90H122N28O27/c1-42(75(130)101-39-73(128)112-60(28-48-17-21-52(120)22-18-48)85(140)114-59(89(144)145)16-11-27-97-90(95)96)104-76(131)43(2)105-77(132)44(3)106-79(134)46(5)109-88(143)66(41-119)118-80(135)47(6)107-78(133)45(4)108-84(139)63(31-51-36-99-57-15-10-8-13-55(51)57)117-83(138)58(25-26-67(92)122)110-72(127)38-100-71(126)37-102-82(137)64(32-68(93)123)113-74(129)40-103-81(136)62(30-50-35-98-56-14-9-7-12-54(50)56)116-86(141)61(29-49-19-23-53(121)24-20-49)115-87(142)65(33-69(94)124)111-70(125)34-91/h7-10,12-15,17-24,35-36,42-47,58-66,98-99,119-121H,11,16,25-34,37-41,91H2,1-6H3,(H2,92,122)(H2,93,123)(H2,94,124)(H,100,126)(H,101,130)(H,102,137)(H,103,136)(H,104,131)(H,105,132)(H,106,134)(H,107,133)(H,108,139)(H,109,143)(H,110,127)(H,111,125)(H,112,128)(H,113,129)(H,114,140)(H,115,142)(H,116,141)(H,117,138)(H,118,135)(H,144,145)(H4,95,96,97)/t42-,43-,44-,45-,46-,47-,58-,59-,60-,61-,62-,63-,64-,65-,66-/m0/s1. The first-order chi connectivity index (χ1) is 68.5. The van der Waals surface area contributed by atoms with Crippen molar-refractivity contribution in [1.29, 1.82) is 5.41 Å². The van der Waals surface area contributed by atoms with E-state index in [0.717, 1.165) is 6.92 Å². The Morgan fingerprint density at radius 1 is 0.324 bits per heavy atom. The molecule has 2 aromatic heterocycles. The molecular weight excluding hydrogens is 1910 g/mol. The van der Waals surface area contributed by atoms with E-state index < -0.39 is 292 Å². The zero-order valence-electron chi connectivity index (χ0n) is 79.6. The van der Waals surface area contributed by atoms with Crippen molar-refractivity contribution in [2.24, 2.45) is 28.7 Å². The number of aromatic nitrogens is 2. The van der Waals surface area contributed by atoms with Crippen molar-refractivity contribution in [2.75, 3.05) is 45.9 Å². The van der Waals surface area contributed by atoms with Gasteiger partial charge in [0.1, 0.15) is 102 Å². The van der Waals surface area contributed by atoms with Gasteiger partial charge in [-0.3, -0.25) is 111 Å². The van der Waals surface area contributed by atoms with Gasteiger partial charge in [-0.15, -0.1) is 0 Å². The maximum Gasteiger partial charge on any atom is 0.326 e. The quantitative estimate of drug-likeness (QED) is 0.00958. The van der Waals surface area contributed by atoms with Crippen LogP contribution in [0.2, 0.25) is 0 Å². The Morgan fingerprint density at radius 2 is 0.641 bits per heavy atom. The molecule has 0 aliphatic rings. The number of carbonyl (C=O) groups is 23. The molecule has 6 rings (SSSR count). The minimum atomic E-state index is -1.83. The Kier molecular flexibility index (Phi) is 46.0. The van der Waals surface area contributed by atoms with Gasteiger partial charge >= 0.3 is 5.97 Å². The molecule has 15 atom stereocenters. The summed E-state index contributed by atoms with van der Waals surface area (Å²) in [4.78, 5) is 312. The number of aliphatic hydroxyl groups is 1. The molecule has 0 bridgehead atoms. The van der Waals surface area contributed by atoms with E-state index in [2.05, 4.69) is 116 Å². The molecule has 37 N–H and O–H groups in total. The Hall–Kier alpha value is -17.4. The summed E-state index contributed by atoms with van der Waals surface area (Å²) in [5.74, 6) is -24.6. The number of H-pyrrole nitrogens is 2. The van der Waals surface area contributed by atoms with Gasteiger partial charge in [0, 0.05) is 72.8 Å². The second-order valence-electron chi connectivity index (χ2n) is 33.5. The van der Waals surface area contributed by atoms with Crippen LogP contribution in [0.5, 0.6) is 11.5 Å². The lowest BCUT2D eigenvalue weighted by atomic mass is 10.0. The maximum absolute atomic E-state index is 14.4. The van der Waals surface area contributed by atoms with Gasteiger partial charge in [-0.05, 0) is 119 Å². The number of aliphatic carboxylic acids is 1. The predicted octanol–water partition coefficient (Wildman–Crippen LogP) is -11.5. The average molecular weight is 2030 g/mol. The number of nitrogens with two attached hydrogens (primary N) is 5. The van der Waals surface area contributed by atoms with E-state index in [1.54, 1.807) is 54.7 Å². The highest BCUT2D eigenvalue weighted by molar-refractivity contribution is 6.03. The Balaban J connectivity index is 0.993. The first-order valence-corrected chi connectivity index (χ1v) is 45.3. The van der Waals surface area contributed by atoms with Crippen LogP contribution in [0.4, 0.5) is 0 Å². The number of carboxylic acids is 1. The molecule has 0 radical (unpaired) electrons. The lowest BCUT2D eigenvalue weighted by Gasteiger charge is -2.25. The fourth-order valence-electron chi connectivity index (χ4n) is 13.9. The lowest BCUT2D eigenvalue weighted by Crippen LogP contribution is -2.60. The third-order valence-electron chi connectivity index (χ3n) is 21.8. The van der Waals surface area contributed by atoms with Gasteiger partial charge in [0.2, 0.25) is 130 Å². The number of phenols is 2. The van der Waals surface area contributed by atoms with Gasteiger partial charge in [0.15, 0.2) is 5.96 Å². The number of primary amides is 3. The number of hydrogen-bond donors (Lipinski definition) is 32. The minimum Gasteiger partial charge on any atom is -0.508 e. The van der Waals surface area contributed by atoms with Crippen LogP contribution in [0, 0.1) is 5.41 Å². The maximum atomic E-state index is 14.4. The van der Waals surface area contributed by atoms with Crippen molar-refractivity contribution in [3.8, 4) is 11.5 Å². The van der Waals surface area contributed by atoms with Crippen molar-refractivity contribution in [3.05, 3.63) is 132 Å². The van der Waals surface area contributed by atoms with E-state index >= 15 is 0 Å². The Morgan fingerprint density at radius 3 is 1.06 bits per heavy atom. The number of carbonyl (C=O) groups excluding carboxylic acids is 22. The van der Waals surface area contributed by atoms with E-state index in [0.29, 0.717) is 44.1 Å². The number of aromatic hydroxyl groups is 2. The van der Waals surface area contributed by atoms with Crippen LogP contribution in [0.15, 0.2) is 109 Å². The van der Waals surface area contributed by atoms with Crippen LogP contribution in [-0.2, 0) is 136 Å². The van der Waals surface area contributed by atoms with Crippen molar-refractivity contribution in [3.63, 3.8) is 0 Å². The highest BCUT2D eigenvalue weighted by Crippen LogP contribution is 2.23. The molecule has 4 aromatic carbocycles. The van der Waals surface area contributed by atoms with Gasteiger partial charge in [-0.1, -0.05) is 60.7 Å². The topological polar surface area (TPSA) is 900 Å². The number of benzene rings is 4. The van der Waals surface area contributed by atoms with Crippen LogP contribution in [0.25, 0.3) is 21.8 Å². The number of phenolic OH excluding ortho intramolecular Hbond substituents is 2. The highest BCUT2D eigenvalue weighted by Gasteiger charge is 2.38. The zero-order chi connectivity index (χ0) is 108. The summed E-state index contributed by atoms with van der Waals surface area (Å²) in [5.41, 5.74) is 29.9. The number of carboxylic acid groups (broad SMARTS) is 1. The van der Waals surface area contributed by atoms with Gasteiger partial charge in [-0.2, -0.15) is 0 Å². The summed E-state index contributed by atoms with van der Waals surface area (Å²) in [5, 5.41) is 95.1. The number of aromatic amines is 2. The molecule has 2 heterocycles. The number of aliphatic hydroxyl groups excluding tert-OH is 1. The van der Waals surface area contributed by atoms with Crippen LogP contribution < -0.4 is 135 Å². The summed E-state index contributed by atoms with van der Waals surface area (Å²) < 4.78 is 0. The number of rotatable bonds is 59. The molecule has 145 heavy (non-hydrogen) atoms. The highest BCUT2D eigenvalue weighted by atomic mass is 16.4. The number of nitrogens with one attached hydrogen (secondary N) is 23. The average Bonchev–Trinajstić information content (AvgIpc) is 1.68. The number of amides is 22. The number of fused-ring (bicyclic) bond motifs is 2. The van der Waals surface area contributed by atoms with Gasteiger partial charge in [0.05, 0.1) is 52.2 Å². The molecule has 0 fully saturated rings. The lowest BCUT2D eigenvalue weighted by molar-refractivity contribution is -0.142. The monoisotopic (exact) mass is 2030 g/mol. The third kappa shape index (κ3) is 39.6. The van der Waals surface area contributed by atoms with Crippen LogP contribution >= 0.6 is 0 Å². The molecular formula is C90H122N28O27. The molecule has 22 amide bonds. The first kappa shape index (κ1) is 116. The van der Waals surface area contributed by atoms with E-state index in [9.17, 15) is 131 Å². The van der Waals surface area contributed by atoms with Crippen LogP contribution in [-0.4, -0.2) is 309 Å². The van der Waals surface area contributed by atoms with E-state index in [1.165, 1.54) is 89.3 Å². The van der Waals surface area contributed by atoms with Crippen LogP contribution in [0.3, 0.4) is 0 Å². The number of para-hydroxylation sites is 2. The van der Waals surface area contributed by atoms with Gasteiger partial charge in [0.25, 0.3) is 0 Å². The van der Waals surface area contributed by atoms with Crippen molar-refractivity contribution < 1.29 is 131 Å². The Bertz CT molecular complexity index is 5720. The molecule has 0 spiro atoms. The normalized spacial score (nSPS) is 14.0. The van der Waals surface area contributed by atoms with Crippen molar-refractivity contribution >= 4 is 164 Å². The molecule has 0 unspecified atom stereocenters. The van der Waals surface area contributed by atoms with Crippen LogP contribution in [0.1, 0.15) is 102 Å². The van der Waals surface area contributed by atoms with Crippen molar-refractivity contribution in [2.45, 2.75) is 196 Å². The summed E-state index contributed by atoms with van der Waals surface area (Å²) >= 11 is 0. The molecule has 0 aliphatic carbocycles. The van der Waals surface area contributed by atoms with E-state index in [1.807, 2.05) is 0 Å². The predicted molar refractivity (Wildman–Crippen MR) is 512 cm³/mol. The molecule has 6 aromatic rings. The summed E-state index contributed by atoms with van der Waals surface area (Å²) in [7, 11) is 0. The number of hydrogen-bond acceptors (Lipinski definition) is 28.